The number of nitrogens with zero attached hydrogens (tertiary/aromatic N) is 5. The number of likely N-dealkylation sites (N-methyl/N-ethyl adjacent to an activating group) is 1. The number of hydrogen-bond acceptors (Lipinski definition) is 7. The van der Waals surface area contributed by atoms with Crippen LogP contribution in [0.4, 0.5) is 5.82 Å². The third-order valence-electron chi connectivity index (χ3n) is 4.93. The van der Waals surface area contributed by atoms with Crippen LogP contribution >= 0.6 is 11.6 Å². The molecule has 0 amide bonds. The zero-order chi connectivity index (χ0) is 18.6. The number of hydrogen-bond donors (Lipinski definition) is 1. The number of anilines is 1. The van der Waals surface area contributed by atoms with Gasteiger partial charge in [0.1, 0.15) is 23.2 Å². The minimum absolute atomic E-state index is 0.483. The van der Waals surface area contributed by atoms with Gasteiger partial charge in [-0.2, -0.15) is 4.98 Å². The van der Waals surface area contributed by atoms with Gasteiger partial charge in [0.05, 0.1) is 0 Å². The van der Waals surface area contributed by atoms with Crippen molar-refractivity contribution in [2.45, 2.75) is 6.42 Å². The Morgan fingerprint density at radius 2 is 1.89 bits per heavy atom. The van der Waals surface area contributed by atoms with E-state index in [1.807, 2.05) is 24.3 Å². The van der Waals surface area contributed by atoms with Gasteiger partial charge in [-0.3, -0.25) is 0 Å². The van der Waals surface area contributed by atoms with Crippen molar-refractivity contribution < 1.29 is 4.52 Å². The first-order chi connectivity index (χ1) is 13.2. The Labute approximate surface area is 163 Å². The van der Waals surface area contributed by atoms with E-state index in [1.54, 1.807) is 0 Å². The molecule has 0 aliphatic carbocycles. The van der Waals surface area contributed by atoms with E-state index in [0.717, 1.165) is 68.2 Å². The van der Waals surface area contributed by atoms with E-state index in [1.165, 1.54) is 6.33 Å². The van der Waals surface area contributed by atoms with Crippen LogP contribution in [-0.4, -0.2) is 71.2 Å². The summed E-state index contributed by atoms with van der Waals surface area (Å²) < 4.78 is 5.40. The number of rotatable bonds is 6. The predicted molar refractivity (Wildman–Crippen MR) is 107 cm³/mol. The standard InChI is InChI=1S/C19H23ClN6O/c1-25-9-11-26(12-10-25)8-2-7-21-18-16-17(14-3-5-15(20)6-4-14)24-27-19(16)23-13-22-18/h3-6,13H,2,7-12H2,1H3,(H,21,22,23). The lowest BCUT2D eigenvalue weighted by atomic mass is 10.1. The highest BCUT2D eigenvalue weighted by Crippen LogP contribution is 2.31. The molecule has 4 rings (SSSR count). The molecule has 3 heterocycles. The molecule has 3 aromatic rings. The average molecular weight is 387 g/mol. The van der Waals surface area contributed by atoms with Crippen LogP contribution in [0, 0.1) is 0 Å². The lowest BCUT2D eigenvalue weighted by Gasteiger charge is -2.32. The Balaban J connectivity index is 1.44. The van der Waals surface area contributed by atoms with Crippen LogP contribution in [0.3, 0.4) is 0 Å². The summed E-state index contributed by atoms with van der Waals surface area (Å²) >= 11 is 5.99. The topological polar surface area (TPSA) is 70.3 Å². The SMILES string of the molecule is CN1CCN(CCCNc2ncnc3onc(-c4ccc(Cl)cc4)c23)CC1. The molecule has 1 aliphatic heterocycles. The van der Waals surface area contributed by atoms with Crippen molar-refractivity contribution in [2.24, 2.45) is 0 Å². The first kappa shape index (κ1) is 18.2. The first-order valence-corrected chi connectivity index (χ1v) is 9.59. The molecular formula is C19H23ClN6O. The Hall–Kier alpha value is -2.22. The highest BCUT2D eigenvalue weighted by Gasteiger charge is 2.17. The van der Waals surface area contributed by atoms with Crippen molar-refractivity contribution in [3.8, 4) is 11.3 Å². The van der Waals surface area contributed by atoms with E-state index in [-0.39, 0.29) is 0 Å². The smallest absolute Gasteiger partial charge is 0.263 e. The zero-order valence-corrected chi connectivity index (χ0v) is 16.1. The number of fused-ring (bicyclic) bond motifs is 1. The van der Waals surface area contributed by atoms with Gasteiger partial charge >= 0.3 is 0 Å². The Morgan fingerprint density at radius 3 is 2.67 bits per heavy atom. The summed E-state index contributed by atoms with van der Waals surface area (Å²) in [6.07, 6.45) is 2.55. The fourth-order valence-electron chi connectivity index (χ4n) is 3.31. The van der Waals surface area contributed by atoms with Crippen molar-refractivity contribution in [1.29, 1.82) is 0 Å². The van der Waals surface area contributed by atoms with Gasteiger partial charge in [0.15, 0.2) is 0 Å². The summed E-state index contributed by atoms with van der Waals surface area (Å²) in [4.78, 5) is 13.5. The van der Waals surface area contributed by atoms with Gasteiger partial charge in [0, 0.05) is 43.3 Å². The molecule has 0 unspecified atom stereocenters. The summed E-state index contributed by atoms with van der Waals surface area (Å²) in [5, 5.41) is 9.11. The highest BCUT2D eigenvalue weighted by atomic mass is 35.5. The maximum Gasteiger partial charge on any atom is 0.263 e. The van der Waals surface area contributed by atoms with Gasteiger partial charge in [-0.05, 0) is 32.1 Å². The van der Waals surface area contributed by atoms with Crippen molar-refractivity contribution in [3.05, 3.63) is 35.6 Å². The van der Waals surface area contributed by atoms with Gasteiger partial charge in [0.2, 0.25) is 0 Å². The van der Waals surface area contributed by atoms with Gasteiger partial charge in [-0.1, -0.05) is 28.9 Å². The Morgan fingerprint density at radius 1 is 1.11 bits per heavy atom. The van der Waals surface area contributed by atoms with Gasteiger partial charge in [0.25, 0.3) is 5.71 Å². The molecule has 27 heavy (non-hydrogen) atoms. The summed E-state index contributed by atoms with van der Waals surface area (Å²) in [6, 6.07) is 7.52. The normalized spacial score (nSPS) is 16.1. The van der Waals surface area contributed by atoms with E-state index < -0.39 is 0 Å². The van der Waals surface area contributed by atoms with Crippen molar-refractivity contribution in [3.63, 3.8) is 0 Å². The highest BCUT2D eigenvalue weighted by molar-refractivity contribution is 6.30. The number of nitrogens with one attached hydrogen (secondary N) is 1. The van der Waals surface area contributed by atoms with Gasteiger partial charge < -0.3 is 19.6 Å². The fourth-order valence-corrected chi connectivity index (χ4v) is 3.43. The molecule has 2 aromatic heterocycles. The lowest BCUT2D eigenvalue weighted by Crippen LogP contribution is -2.44. The second-order valence-corrected chi connectivity index (χ2v) is 7.30. The molecular weight excluding hydrogens is 364 g/mol. The molecule has 0 bridgehead atoms. The summed E-state index contributed by atoms with van der Waals surface area (Å²) in [5.74, 6) is 0.754. The summed E-state index contributed by atoms with van der Waals surface area (Å²) in [7, 11) is 2.18. The number of benzene rings is 1. The Bertz CT molecular complexity index is 889. The van der Waals surface area contributed by atoms with Crippen molar-refractivity contribution in [1.82, 2.24) is 24.9 Å². The molecule has 1 saturated heterocycles. The quantitative estimate of drug-likeness (QED) is 0.653. The number of halogens is 1. The molecule has 0 saturated carbocycles. The molecule has 1 aliphatic rings. The van der Waals surface area contributed by atoms with Crippen molar-refractivity contribution >= 4 is 28.5 Å². The molecule has 0 atom stereocenters. The average Bonchev–Trinajstić information content (AvgIpc) is 3.12. The maximum absolute atomic E-state index is 5.99. The Kier molecular flexibility index (Phi) is 5.52. The van der Waals surface area contributed by atoms with Crippen LogP contribution in [0.1, 0.15) is 6.42 Å². The second kappa shape index (κ2) is 8.21. The molecule has 1 aromatic carbocycles. The van der Waals surface area contributed by atoms with Crippen molar-refractivity contribution in [2.75, 3.05) is 51.6 Å². The van der Waals surface area contributed by atoms with E-state index in [2.05, 4.69) is 37.3 Å². The van der Waals surface area contributed by atoms with Crippen LogP contribution in [0.5, 0.6) is 0 Å². The van der Waals surface area contributed by atoms with E-state index in [9.17, 15) is 0 Å². The van der Waals surface area contributed by atoms with Crippen LogP contribution in [0.25, 0.3) is 22.4 Å². The number of aromatic nitrogens is 3. The molecule has 0 radical (unpaired) electrons. The minimum atomic E-state index is 0.483. The van der Waals surface area contributed by atoms with Crippen LogP contribution in [-0.2, 0) is 0 Å². The van der Waals surface area contributed by atoms with Crippen LogP contribution < -0.4 is 5.32 Å². The van der Waals surface area contributed by atoms with Gasteiger partial charge in [-0.15, -0.1) is 0 Å². The number of piperazine rings is 1. The van der Waals surface area contributed by atoms with Crippen LogP contribution in [0.15, 0.2) is 35.1 Å². The summed E-state index contributed by atoms with van der Waals surface area (Å²) in [6.45, 7) is 6.49. The monoisotopic (exact) mass is 386 g/mol. The largest absolute Gasteiger partial charge is 0.369 e. The molecule has 7 nitrogen and oxygen atoms in total. The molecule has 142 valence electrons. The molecule has 0 spiro atoms. The fraction of sp³-hybridized carbons (Fsp3) is 0.421. The van der Waals surface area contributed by atoms with Gasteiger partial charge in [-0.25, -0.2) is 4.98 Å². The van der Waals surface area contributed by atoms with E-state index in [4.69, 9.17) is 16.1 Å². The third kappa shape index (κ3) is 4.21. The zero-order valence-electron chi connectivity index (χ0n) is 15.4. The maximum atomic E-state index is 5.99. The summed E-state index contributed by atoms with van der Waals surface area (Å²) in [5.41, 5.74) is 2.13. The predicted octanol–water partition coefficient (Wildman–Crippen LogP) is 2.99. The van der Waals surface area contributed by atoms with E-state index >= 15 is 0 Å². The molecule has 1 N–H and O–H groups in total. The second-order valence-electron chi connectivity index (χ2n) is 6.87. The molecule has 8 heteroatoms. The lowest BCUT2D eigenvalue weighted by molar-refractivity contribution is 0.154. The first-order valence-electron chi connectivity index (χ1n) is 9.22. The third-order valence-corrected chi connectivity index (χ3v) is 5.18. The van der Waals surface area contributed by atoms with E-state index in [0.29, 0.717) is 10.7 Å². The molecule has 1 fully saturated rings. The minimum Gasteiger partial charge on any atom is -0.369 e. The van der Waals surface area contributed by atoms with Crippen LogP contribution in [0.2, 0.25) is 5.02 Å².